The lowest BCUT2D eigenvalue weighted by atomic mass is 10.1. The highest BCUT2D eigenvalue weighted by Gasteiger charge is 2.18. The van der Waals surface area contributed by atoms with E-state index in [0.29, 0.717) is 24.8 Å². The fraction of sp³-hybridized carbons (Fsp3) is 0.421. The van der Waals surface area contributed by atoms with Crippen LogP contribution in [0.5, 0.6) is 5.75 Å². The van der Waals surface area contributed by atoms with E-state index in [1.807, 2.05) is 45.0 Å². The van der Waals surface area contributed by atoms with Gasteiger partial charge in [-0.3, -0.25) is 9.59 Å². The highest BCUT2D eigenvalue weighted by molar-refractivity contribution is 5.79. The number of hydrogen-bond donors (Lipinski definition) is 1. The highest BCUT2D eigenvalue weighted by Crippen LogP contribution is 2.20. The van der Waals surface area contributed by atoms with E-state index in [9.17, 15) is 9.59 Å². The molecule has 0 aliphatic carbocycles. The number of benzene rings is 1. The Kier molecular flexibility index (Phi) is 6.33. The summed E-state index contributed by atoms with van der Waals surface area (Å²) in [6.07, 6.45) is 0. The molecule has 0 aliphatic rings. The quantitative estimate of drug-likeness (QED) is 0.839. The van der Waals surface area contributed by atoms with Crippen LogP contribution in [0.25, 0.3) is 11.3 Å². The second kappa shape index (κ2) is 8.46. The van der Waals surface area contributed by atoms with Gasteiger partial charge in [-0.1, -0.05) is 13.8 Å². The number of nitrogens with zero attached hydrogens (tertiary/aromatic N) is 2. The van der Waals surface area contributed by atoms with Crippen molar-refractivity contribution in [3.05, 3.63) is 46.8 Å². The Bertz CT molecular complexity index is 766. The van der Waals surface area contributed by atoms with Crippen molar-refractivity contribution < 1.29 is 9.53 Å². The maximum atomic E-state index is 12.2. The van der Waals surface area contributed by atoms with Gasteiger partial charge in [0.25, 0.3) is 5.56 Å². The van der Waals surface area contributed by atoms with Gasteiger partial charge in [0, 0.05) is 18.2 Å². The van der Waals surface area contributed by atoms with Crippen LogP contribution < -0.4 is 15.6 Å². The summed E-state index contributed by atoms with van der Waals surface area (Å²) in [6.45, 7) is 8.80. The van der Waals surface area contributed by atoms with Crippen molar-refractivity contribution in [3.63, 3.8) is 0 Å². The number of hydrogen-bond acceptors (Lipinski definition) is 4. The number of nitrogens with one attached hydrogen (secondary N) is 1. The van der Waals surface area contributed by atoms with E-state index in [4.69, 9.17) is 4.74 Å². The molecule has 0 fully saturated rings. The minimum absolute atomic E-state index is 0.216. The lowest BCUT2D eigenvalue weighted by Gasteiger charge is -2.16. The summed E-state index contributed by atoms with van der Waals surface area (Å²) in [6, 6.07) is 9.90. The molecule has 25 heavy (non-hydrogen) atoms. The zero-order chi connectivity index (χ0) is 18.4. The van der Waals surface area contributed by atoms with E-state index < -0.39 is 6.04 Å². The van der Waals surface area contributed by atoms with Crippen molar-refractivity contribution in [1.29, 1.82) is 0 Å². The third kappa shape index (κ3) is 4.92. The van der Waals surface area contributed by atoms with E-state index in [2.05, 4.69) is 10.4 Å². The van der Waals surface area contributed by atoms with E-state index in [-0.39, 0.29) is 11.5 Å². The maximum absolute atomic E-state index is 12.2. The van der Waals surface area contributed by atoms with E-state index in [1.54, 1.807) is 13.0 Å². The molecule has 0 spiro atoms. The first-order valence-electron chi connectivity index (χ1n) is 8.53. The van der Waals surface area contributed by atoms with Crippen LogP contribution in [0.2, 0.25) is 0 Å². The molecule has 134 valence electrons. The predicted octanol–water partition coefficient (Wildman–Crippen LogP) is 2.64. The van der Waals surface area contributed by atoms with E-state index >= 15 is 0 Å². The lowest BCUT2D eigenvalue weighted by molar-refractivity contribution is -0.124. The van der Waals surface area contributed by atoms with Gasteiger partial charge in [0.05, 0.1) is 12.3 Å². The Morgan fingerprint density at radius 3 is 2.44 bits per heavy atom. The van der Waals surface area contributed by atoms with Crippen LogP contribution in [0.15, 0.2) is 41.2 Å². The van der Waals surface area contributed by atoms with Crippen molar-refractivity contribution >= 4 is 5.91 Å². The Morgan fingerprint density at radius 2 is 1.84 bits per heavy atom. The van der Waals surface area contributed by atoms with Crippen LogP contribution in [0.4, 0.5) is 0 Å². The summed E-state index contributed by atoms with van der Waals surface area (Å²) >= 11 is 0. The first kappa shape index (κ1) is 18.7. The molecule has 1 aromatic carbocycles. The summed E-state index contributed by atoms with van der Waals surface area (Å²) in [4.78, 5) is 24.4. The summed E-state index contributed by atoms with van der Waals surface area (Å²) in [7, 11) is 0. The topological polar surface area (TPSA) is 73.2 Å². The molecule has 6 nitrogen and oxygen atoms in total. The minimum atomic E-state index is -0.672. The Balaban J connectivity index is 2.24. The molecule has 6 heteroatoms. The Hall–Kier alpha value is -2.63. The molecule has 1 amide bonds. The molecule has 2 rings (SSSR count). The molecule has 1 atom stereocenters. The summed E-state index contributed by atoms with van der Waals surface area (Å²) in [5.41, 5.74) is 1.18. The van der Waals surface area contributed by atoms with Crippen LogP contribution in [0.3, 0.4) is 0 Å². The predicted molar refractivity (Wildman–Crippen MR) is 97.7 cm³/mol. The van der Waals surface area contributed by atoms with Crippen LogP contribution in [-0.2, 0) is 4.79 Å². The van der Waals surface area contributed by atoms with Gasteiger partial charge in [-0.2, -0.15) is 5.10 Å². The van der Waals surface area contributed by atoms with Gasteiger partial charge in [0.2, 0.25) is 5.91 Å². The van der Waals surface area contributed by atoms with Gasteiger partial charge in [0.1, 0.15) is 11.8 Å². The second-order valence-electron chi connectivity index (χ2n) is 6.27. The average molecular weight is 343 g/mol. The number of aromatic nitrogens is 2. The first-order valence-corrected chi connectivity index (χ1v) is 8.53. The number of carbonyl (C=O) groups excluding carboxylic acids is 1. The molecular weight excluding hydrogens is 318 g/mol. The van der Waals surface area contributed by atoms with Gasteiger partial charge in [0.15, 0.2) is 0 Å². The van der Waals surface area contributed by atoms with Crippen molar-refractivity contribution in [2.75, 3.05) is 13.2 Å². The highest BCUT2D eigenvalue weighted by atomic mass is 16.5. The largest absolute Gasteiger partial charge is 0.494 e. The number of ether oxygens (including phenoxy) is 1. The number of carbonyl (C=O) groups is 1. The van der Waals surface area contributed by atoms with Crippen LogP contribution in [0, 0.1) is 5.92 Å². The van der Waals surface area contributed by atoms with Gasteiger partial charge in [-0.25, -0.2) is 4.68 Å². The molecule has 0 saturated heterocycles. The van der Waals surface area contributed by atoms with Crippen LogP contribution in [0.1, 0.15) is 33.7 Å². The molecule has 1 N–H and O–H groups in total. The van der Waals surface area contributed by atoms with Gasteiger partial charge >= 0.3 is 0 Å². The third-order valence-corrected chi connectivity index (χ3v) is 3.72. The number of rotatable bonds is 7. The van der Waals surface area contributed by atoms with Crippen molar-refractivity contribution in [1.82, 2.24) is 15.1 Å². The molecule has 0 aliphatic heterocycles. The normalized spacial score (nSPS) is 12.0. The monoisotopic (exact) mass is 343 g/mol. The number of amides is 1. The minimum Gasteiger partial charge on any atom is -0.494 e. The van der Waals surface area contributed by atoms with Crippen molar-refractivity contribution in [2.45, 2.75) is 33.7 Å². The van der Waals surface area contributed by atoms with Crippen LogP contribution in [-0.4, -0.2) is 28.8 Å². The Labute approximate surface area is 147 Å². The smallest absolute Gasteiger partial charge is 0.267 e. The van der Waals surface area contributed by atoms with Crippen molar-refractivity contribution in [3.8, 4) is 17.0 Å². The summed E-state index contributed by atoms with van der Waals surface area (Å²) < 4.78 is 6.65. The molecule has 1 heterocycles. The molecule has 2 aromatic rings. The summed E-state index contributed by atoms with van der Waals surface area (Å²) in [5, 5.41) is 7.20. The molecule has 1 aromatic heterocycles. The molecule has 0 bridgehead atoms. The van der Waals surface area contributed by atoms with E-state index in [1.165, 1.54) is 10.7 Å². The zero-order valence-corrected chi connectivity index (χ0v) is 15.2. The molecule has 0 radical (unpaired) electrons. The molecule has 1 unspecified atom stereocenters. The fourth-order valence-corrected chi connectivity index (χ4v) is 2.31. The molecule has 0 saturated carbocycles. The van der Waals surface area contributed by atoms with Gasteiger partial charge in [-0.05, 0) is 50.1 Å². The lowest BCUT2D eigenvalue weighted by Crippen LogP contribution is -2.38. The average Bonchev–Trinajstić information content (AvgIpc) is 2.60. The Morgan fingerprint density at radius 1 is 1.16 bits per heavy atom. The maximum Gasteiger partial charge on any atom is 0.267 e. The third-order valence-electron chi connectivity index (χ3n) is 3.72. The van der Waals surface area contributed by atoms with Crippen molar-refractivity contribution in [2.24, 2.45) is 5.92 Å². The standard InChI is InChI=1S/C19H25N3O3/c1-5-25-16-8-6-15(7-9-16)17-10-11-18(23)22(21-17)14(4)19(24)20-12-13(2)3/h6-11,13-14H,5,12H2,1-4H3,(H,20,24). The summed E-state index contributed by atoms with van der Waals surface area (Å²) in [5.74, 6) is 0.907. The van der Waals surface area contributed by atoms with E-state index in [0.717, 1.165) is 11.3 Å². The van der Waals surface area contributed by atoms with Gasteiger partial charge in [-0.15, -0.1) is 0 Å². The zero-order valence-electron chi connectivity index (χ0n) is 15.2. The molecular formula is C19H25N3O3. The van der Waals surface area contributed by atoms with Gasteiger partial charge < -0.3 is 10.1 Å². The van der Waals surface area contributed by atoms with Crippen LogP contribution >= 0.6 is 0 Å². The fourth-order valence-electron chi connectivity index (χ4n) is 2.31. The SMILES string of the molecule is CCOc1ccc(-c2ccc(=O)n(C(C)C(=O)NCC(C)C)n2)cc1. The second-order valence-corrected chi connectivity index (χ2v) is 6.27. The first-order chi connectivity index (χ1) is 11.9.